The molecule has 0 unspecified atom stereocenters. The fourth-order valence-corrected chi connectivity index (χ4v) is 2.92. The second-order valence-corrected chi connectivity index (χ2v) is 7.04. The molecule has 0 radical (unpaired) electrons. The van der Waals surface area contributed by atoms with E-state index < -0.39 is 10.0 Å². The molecule has 0 aromatic heterocycles. The SMILES string of the molecule is COC[C@@H](C)NC(=O)CN(C)S(=O)(=O)c1ccc(C)cc1. The minimum atomic E-state index is -3.66. The highest BCUT2D eigenvalue weighted by molar-refractivity contribution is 7.89. The molecule has 6 nitrogen and oxygen atoms in total. The van der Waals surface area contributed by atoms with Crippen LogP contribution in [-0.2, 0) is 19.6 Å². The number of ether oxygens (including phenoxy) is 1. The lowest BCUT2D eigenvalue weighted by Gasteiger charge is -2.19. The van der Waals surface area contributed by atoms with Crippen LogP contribution in [0.3, 0.4) is 0 Å². The Morgan fingerprint density at radius 2 is 1.90 bits per heavy atom. The lowest BCUT2D eigenvalue weighted by molar-refractivity contribution is -0.122. The zero-order valence-corrected chi connectivity index (χ0v) is 13.6. The van der Waals surface area contributed by atoms with Gasteiger partial charge in [-0.15, -0.1) is 0 Å². The molecule has 1 amide bonds. The van der Waals surface area contributed by atoms with Crippen LogP contribution in [0.4, 0.5) is 0 Å². The average Bonchev–Trinajstić information content (AvgIpc) is 2.39. The molecule has 0 fully saturated rings. The Kier molecular flexibility index (Phi) is 6.32. The number of hydrogen-bond donors (Lipinski definition) is 1. The quantitative estimate of drug-likeness (QED) is 0.806. The van der Waals surface area contributed by atoms with Crippen LogP contribution in [0.2, 0.25) is 0 Å². The largest absolute Gasteiger partial charge is 0.383 e. The van der Waals surface area contributed by atoms with Crippen molar-refractivity contribution >= 4 is 15.9 Å². The maximum absolute atomic E-state index is 12.3. The van der Waals surface area contributed by atoms with Crippen LogP contribution in [0.25, 0.3) is 0 Å². The number of nitrogens with one attached hydrogen (secondary N) is 1. The topological polar surface area (TPSA) is 75.7 Å². The van der Waals surface area contributed by atoms with Gasteiger partial charge in [0.15, 0.2) is 0 Å². The fraction of sp³-hybridized carbons (Fsp3) is 0.500. The molecule has 1 atom stereocenters. The number of sulfonamides is 1. The summed E-state index contributed by atoms with van der Waals surface area (Å²) in [6.45, 7) is 3.81. The van der Waals surface area contributed by atoms with Crippen LogP contribution in [0, 0.1) is 6.92 Å². The lowest BCUT2D eigenvalue weighted by Crippen LogP contribution is -2.43. The van der Waals surface area contributed by atoms with E-state index >= 15 is 0 Å². The van der Waals surface area contributed by atoms with Gasteiger partial charge in [-0.2, -0.15) is 4.31 Å². The summed E-state index contributed by atoms with van der Waals surface area (Å²) < 4.78 is 30.6. The van der Waals surface area contributed by atoms with Crippen molar-refractivity contribution in [2.24, 2.45) is 0 Å². The number of carbonyl (C=O) groups excluding carboxylic acids is 1. The molecule has 0 aliphatic rings. The van der Waals surface area contributed by atoms with Gasteiger partial charge in [-0.05, 0) is 26.0 Å². The van der Waals surface area contributed by atoms with Crippen molar-refractivity contribution in [1.82, 2.24) is 9.62 Å². The van der Waals surface area contributed by atoms with Crippen LogP contribution in [0.1, 0.15) is 12.5 Å². The normalized spacial score (nSPS) is 13.2. The van der Waals surface area contributed by atoms with Gasteiger partial charge in [0, 0.05) is 20.2 Å². The molecule has 0 bridgehead atoms. The molecular weight excluding hydrogens is 292 g/mol. The van der Waals surface area contributed by atoms with Gasteiger partial charge in [-0.25, -0.2) is 8.42 Å². The van der Waals surface area contributed by atoms with Crippen molar-refractivity contribution in [3.8, 4) is 0 Å². The number of methoxy groups -OCH3 is 1. The second-order valence-electron chi connectivity index (χ2n) is 5.00. The third-order valence-corrected chi connectivity index (χ3v) is 4.74. The van der Waals surface area contributed by atoms with Crippen molar-refractivity contribution in [1.29, 1.82) is 0 Å². The summed E-state index contributed by atoms with van der Waals surface area (Å²) in [5.41, 5.74) is 0.975. The number of nitrogens with zero attached hydrogens (tertiary/aromatic N) is 1. The molecule has 0 saturated heterocycles. The van der Waals surface area contributed by atoms with Gasteiger partial charge in [-0.1, -0.05) is 17.7 Å². The van der Waals surface area contributed by atoms with E-state index in [1.807, 2.05) is 6.92 Å². The molecule has 1 aromatic carbocycles. The molecule has 1 aromatic rings. The predicted octanol–water partition coefficient (Wildman–Crippen LogP) is 0.767. The molecule has 1 N–H and O–H groups in total. The first-order valence-corrected chi connectivity index (χ1v) is 8.02. The third kappa shape index (κ3) is 5.11. The average molecular weight is 314 g/mol. The lowest BCUT2D eigenvalue weighted by atomic mass is 10.2. The number of likely N-dealkylation sites (N-methyl/N-ethyl adjacent to an activating group) is 1. The second kappa shape index (κ2) is 7.53. The molecule has 0 saturated carbocycles. The number of aryl methyl sites for hydroxylation is 1. The van der Waals surface area contributed by atoms with Crippen LogP contribution in [0.15, 0.2) is 29.2 Å². The minimum absolute atomic E-state index is 0.169. The molecule has 0 aliphatic heterocycles. The number of amides is 1. The van der Waals surface area contributed by atoms with Crippen molar-refractivity contribution in [3.05, 3.63) is 29.8 Å². The first kappa shape index (κ1) is 17.6. The number of benzene rings is 1. The number of hydrogen-bond acceptors (Lipinski definition) is 4. The highest BCUT2D eigenvalue weighted by Crippen LogP contribution is 2.14. The van der Waals surface area contributed by atoms with E-state index in [0.29, 0.717) is 6.61 Å². The maximum atomic E-state index is 12.3. The molecule has 1 rings (SSSR count). The Morgan fingerprint density at radius 3 is 2.43 bits per heavy atom. The van der Waals surface area contributed by atoms with E-state index in [4.69, 9.17) is 4.74 Å². The molecule has 118 valence electrons. The van der Waals surface area contributed by atoms with Gasteiger partial charge < -0.3 is 10.1 Å². The van der Waals surface area contributed by atoms with Gasteiger partial charge in [0.1, 0.15) is 0 Å². The first-order valence-electron chi connectivity index (χ1n) is 6.58. The standard InChI is InChI=1S/C14H22N2O4S/c1-11-5-7-13(8-6-11)21(18,19)16(3)9-14(17)15-12(2)10-20-4/h5-8,12H,9-10H2,1-4H3,(H,15,17)/t12-/m1/s1. The molecule has 21 heavy (non-hydrogen) atoms. The van der Waals surface area contributed by atoms with Crippen LogP contribution in [-0.4, -0.2) is 52.0 Å². The predicted molar refractivity (Wildman–Crippen MR) is 80.5 cm³/mol. The summed E-state index contributed by atoms with van der Waals surface area (Å²) in [6, 6.07) is 6.35. The van der Waals surface area contributed by atoms with Crippen LogP contribution in [0.5, 0.6) is 0 Å². The highest BCUT2D eigenvalue weighted by atomic mass is 32.2. The van der Waals surface area contributed by atoms with E-state index in [2.05, 4.69) is 5.32 Å². The Morgan fingerprint density at radius 1 is 1.33 bits per heavy atom. The number of carbonyl (C=O) groups is 1. The summed E-state index contributed by atoms with van der Waals surface area (Å²) in [7, 11) is -0.735. The van der Waals surface area contributed by atoms with Gasteiger partial charge in [0.25, 0.3) is 0 Å². The van der Waals surface area contributed by atoms with E-state index in [0.717, 1.165) is 9.87 Å². The summed E-state index contributed by atoms with van der Waals surface area (Å²) in [5, 5.41) is 2.67. The Labute approximate surface area is 126 Å². The summed E-state index contributed by atoms with van der Waals surface area (Å²) in [4.78, 5) is 12.0. The summed E-state index contributed by atoms with van der Waals surface area (Å²) >= 11 is 0. The Bertz CT molecular complexity index is 569. The van der Waals surface area contributed by atoms with Crippen molar-refractivity contribution in [2.75, 3.05) is 27.3 Å². The van der Waals surface area contributed by atoms with E-state index in [9.17, 15) is 13.2 Å². The molecular formula is C14H22N2O4S. The molecule has 7 heteroatoms. The highest BCUT2D eigenvalue weighted by Gasteiger charge is 2.23. The fourth-order valence-electron chi connectivity index (χ4n) is 1.79. The van der Waals surface area contributed by atoms with Crippen LogP contribution >= 0.6 is 0 Å². The zero-order chi connectivity index (χ0) is 16.0. The summed E-state index contributed by atoms with van der Waals surface area (Å²) in [6.07, 6.45) is 0. The molecule has 0 heterocycles. The molecule has 0 spiro atoms. The Balaban J connectivity index is 2.71. The Hall–Kier alpha value is -1.44. The summed E-state index contributed by atoms with van der Waals surface area (Å²) in [5.74, 6) is -0.363. The van der Waals surface area contributed by atoms with E-state index in [-0.39, 0.29) is 23.4 Å². The van der Waals surface area contributed by atoms with Gasteiger partial charge in [0.2, 0.25) is 15.9 Å². The third-order valence-electron chi connectivity index (χ3n) is 2.92. The van der Waals surface area contributed by atoms with Crippen molar-refractivity contribution < 1.29 is 17.9 Å². The minimum Gasteiger partial charge on any atom is -0.383 e. The molecule has 0 aliphatic carbocycles. The van der Waals surface area contributed by atoms with Gasteiger partial charge in [0.05, 0.1) is 18.0 Å². The van der Waals surface area contributed by atoms with Crippen molar-refractivity contribution in [2.45, 2.75) is 24.8 Å². The van der Waals surface area contributed by atoms with Gasteiger partial charge >= 0.3 is 0 Å². The van der Waals surface area contributed by atoms with Gasteiger partial charge in [-0.3, -0.25) is 4.79 Å². The monoisotopic (exact) mass is 314 g/mol. The maximum Gasteiger partial charge on any atom is 0.243 e. The van der Waals surface area contributed by atoms with E-state index in [1.165, 1.54) is 26.3 Å². The zero-order valence-electron chi connectivity index (χ0n) is 12.8. The number of rotatable bonds is 7. The smallest absolute Gasteiger partial charge is 0.243 e. The van der Waals surface area contributed by atoms with Crippen LogP contribution < -0.4 is 5.32 Å². The van der Waals surface area contributed by atoms with E-state index in [1.54, 1.807) is 19.1 Å². The van der Waals surface area contributed by atoms with Crippen molar-refractivity contribution in [3.63, 3.8) is 0 Å². The first-order chi connectivity index (χ1) is 9.77.